The van der Waals surface area contributed by atoms with E-state index >= 15 is 0 Å². The van der Waals surface area contributed by atoms with Crippen molar-refractivity contribution < 1.29 is 14.3 Å². The lowest BCUT2D eigenvalue weighted by Gasteiger charge is -2.27. The van der Waals surface area contributed by atoms with E-state index in [0.717, 1.165) is 25.1 Å². The molecule has 2 unspecified atom stereocenters. The van der Waals surface area contributed by atoms with Gasteiger partial charge >= 0.3 is 0 Å². The van der Waals surface area contributed by atoms with E-state index in [1.807, 2.05) is 38.2 Å². The zero-order chi connectivity index (χ0) is 17.5. The molecule has 1 aliphatic rings. The number of amides is 2. The molecule has 0 spiro atoms. The van der Waals surface area contributed by atoms with Gasteiger partial charge in [-0.15, -0.1) is 12.4 Å². The summed E-state index contributed by atoms with van der Waals surface area (Å²) in [6.45, 7) is 5.67. The molecule has 140 valence electrons. The molecule has 1 heterocycles. The number of ether oxygens (including phenoxy) is 1. The zero-order valence-electron chi connectivity index (χ0n) is 15.1. The van der Waals surface area contributed by atoms with Crippen LogP contribution in [0.4, 0.5) is 0 Å². The Morgan fingerprint density at radius 2 is 2.12 bits per heavy atom. The van der Waals surface area contributed by atoms with Crippen molar-refractivity contribution in [1.82, 2.24) is 15.5 Å². The number of hydrogen-bond acceptors (Lipinski definition) is 4. The van der Waals surface area contributed by atoms with Gasteiger partial charge in [0.1, 0.15) is 5.75 Å². The second-order valence-electron chi connectivity index (χ2n) is 6.08. The average molecular weight is 370 g/mol. The van der Waals surface area contributed by atoms with Crippen molar-refractivity contribution >= 4 is 24.2 Å². The van der Waals surface area contributed by atoms with Crippen LogP contribution in [0.3, 0.4) is 0 Å². The summed E-state index contributed by atoms with van der Waals surface area (Å²) in [5.41, 5.74) is 0.834. The number of para-hydroxylation sites is 1. The Morgan fingerprint density at radius 1 is 1.40 bits per heavy atom. The van der Waals surface area contributed by atoms with Crippen LogP contribution in [0.2, 0.25) is 0 Å². The van der Waals surface area contributed by atoms with Crippen molar-refractivity contribution in [2.45, 2.75) is 38.8 Å². The average Bonchev–Trinajstić information content (AvgIpc) is 3.08. The quantitative estimate of drug-likeness (QED) is 0.770. The second kappa shape index (κ2) is 10.3. The summed E-state index contributed by atoms with van der Waals surface area (Å²) in [6, 6.07) is 7.37. The molecule has 2 rings (SSSR count). The second-order valence-corrected chi connectivity index (χ2v) is 6.08. The fourth-order valence-electron chi connectivity index (χ4n) is 3.03. The number of benzene rings is 1. The Bertz CT molecular complexity index is 576. The molecule has 0 aliphatic carbocycles. The van der Waals surface area contributed by atoms with Gasteiger partial charge in [0.15, 0.2) is 0 Å². The number of rotatable bonds is 7. The molecule has 1 saturated heterocycles. The number of likely N-dealkylation sites (N-methyl/N-ethyl adjacent to an activating group) is 1. The third-order valence-electron chi connectivity index (χ3n) is 4.33. The minimum atomic E-state index is -0.394. The number of halogens is 1. The van der Waals surface area contributed by atoms with Gasteiger partial charge in [0.25, 0.3) is 0 Å². The topological polar surface area (TPSA) is 70.7 Å². The van der Waals surface area contributed by atoms with Crippen LogP contribution in [0.25, 0.3) is 0 Å². The van der Waals surface area contributed by atoms with Gasteiger partial charge < -0.3 is 20.3 Å². The monoisotopic (exact) mass is 369 g/mol. The van der Waals surface area contributed by atoms with Crippen LogP contribution in [0.5, 0.6) is 5.75 Å². The van der Waals surface area contributed by atoms with Crippen LogP contribution in [-0.4, -0.2) is 49.5 Å². The molecular formula is C18H28ClN3O3. The van der Waals surface area contributed by atoms with Gasteiger partial charge in [-0.3, -0.25) is 9.59 Å². The Labute approximate surface area is 155 Å². The van der Waals surface area contributed by atoms with E-state index in [0.29, 0.717) is 12.4 Å². The highest BCUT2D eigenvalue weighted by molar-refractivity contribution is 5.85. The van der Waals surface area contributed by atoms with Gasteiger partial charge in [-0.1, -0.05) is 18.2 Å². The smallest absolute Gasteiger partial charge is 0.225 e. The minimum absolute atomic E-state index is 0. The van der Waals surface area contributed by atoms with E-state index in [1.165, 1.54) is 6.92 Å². The first-order valence-corrected chi connectivity index (χ1v) is 8.48. The van der Waals surface area contributed by atoms with Crippen molar-refractivity contribution in [3.05, 3.63) is 29.8 Å². The summed E-state index contributed by atoms with van der Waals surface area (Å²) in [5, 5.41) is 6.16. The molecule has 2 atom stereocenters. The zero-order valence-corrected chi connectivity index (χ0v) is 15.9. The molecule has 1 fully saturated rings. The van der Waals surface area contributed by atoms with Gasteiger partial charge in [0.2, 0.25) is 11.8 Å². The van der Waals surface area contributed by atoms with Crippen molar-refractivity contribution in [2.75, 3.05) is 26.7 Å². The van der Waals surface area contributed by atoms with E-state index in [1.54, 1.807) is 4.90 Å². The highest BCUT2D eigenvalue weighted by Gasteiger charge is 2.27. The van der Waals surface area contributed by atoms with E-state index in [9.17, 15) is 9.59 Å². The van der Waals surface area contributed by atoms with E-state index < -0.39 is 6.04 Å². The van der Waals surface area contributed by atoms with E-state index in [2.05, 4.69) is 10.6 Å². The lowest BCUT2D eigenvalue weighted by molar-refractivity contribution is -0.132. The fourth-order valence-corrected chi connectivity index (χ4v) is 3.03. The van der Waals surface area contributed by atoms with Crippen molar-refractivity contribution in [3.8, 4) is 5.75 Å². The van der Waals surface area contributed by atoms with Crippen LogP contribution >= 0.6 is 12.4 Å². The third-order valence-corrected chi connectivity index (χ3v) is 4.33. The predicted molar refractivity (Wildman–Crippen MR) is 100 cm³/mol. The van der Waals surface area contributed by atoms with Gasteiger partial charge in [-0.2, -0.15) is 0 Å². The van der Waals surface area contributed by atoms with Crippen LogP contribution in [0.15, 0.2) is 24.3 Å². The van der Waals surface area contributed by atoms with Crippen molar-refractivity contribution in [2.24, 2.45) is 0 Å². The van der Waals surface area contributed by atoms with Gasteiger partial charge in [-0.25, -0.2) is 0 Å². The molecule has 0 saturated carbocycles. The fraction of sp³-hybridized carbons (Fsp3) is 0.556. The summed E-state index contributed by atoms with van der Waals surface area (Å²) in [4.78, 5) is 26.1. The Balaban J connectivity index is 0.00000312. The highest BCUT2D eigenvalue weighted by atomic mass is 35.5. The highest BCUT2D eigenvalue weighted by Crippen LogP contribution is 2.28. The summed E-state index contributed by atoms with van der Waals surface area (Å²) in [7, 11) is 1.83. The standard InChI is InChI=1S/C18H27N3O3.ClH/c1-4-24-17-8-6-5-7-15(17)16(20-13(2)22)11-18(23)21(3)14-9-10-19-12-14;/h5-8,14,16,19H,4,9-12H2,1-3H3,(H,20,22);1H. The summed E-state index contributed by atoms with van der Waals surface area (Å²) in [5.74, 6) is 0.565. The Hall–Kier alpha value is -1.79. The number of nitrogens with one attached hydrogen (secondary N) is 2. The molecule has 25 heavy (non-hydrogen) atoms. The molecule has 1 aromatic carbocycles. The predicted octanol–water partition coefficient (Wildman–Crippen LogP) is 1.89. The van der Waals surface area contributed by atoms with Crippen molar-refractivity contribution in [1.29, 1.82) is 0 Å². The van der Waals surface area contributed by atoms with Crippen LogP contribution < -0.4 is 15.4 Å². The molecule has 2 N–H and O–H groups in total. The van der Waals surface area contributed by atoms with Crippen LogP contribution in [0, 0.1) is 0 Å². The molecule has 0 bridgehead atoms. The first-order chi connectivity index (χ1) is 11.5. The summed E-state index contributed by atoms with van der Waals surface area (Å²) >= 11 is 0. The molecule has 1 aliphatic heterocycles. The summed E-state index contributed by atoms with van der Waals surface area (Å²) in [6.07, 6.45) is 1.18. The molecule has 0 radical (unpaired) electrons. The van der Waals surface area contributed by atoms with Crippen molar-refractivity contribution in [3.63, 3.8) is 0 Å². The maximum Gasteiger partial charge on any atom is 0.225 e. The van der Waals surface area contributed by atoms with E-state index in [4.69, 9.17) is 4.74 Å². The number of carbonyl (C=O) groups excluding carboxylic acids is 2. The SMILES string of the molecule is CCOc1ccccc1C(CC(=O)N(C)C1CCNC1)NC(C)=O.Cl. The third kappa shape index (κ3) is 5.90. The lowest BCUT2D eigenvalue weighted by Crippen LogP contribution is -2.40. The van der Waals surface area contributed by atoms with Gasteiger partial charge in [0, 0.05) is 32.1 Å². The lowest BCUT2D eigenvalue weighted by atomic mass is 10.0. The first kappa shape index (κ1) is 21.3. The molecule has 1 aromatic rings. The van der Waals surface area contributed by atoms with Gasteiger partial charge in [-0.05, 0) is 26.0 Å². The van der Waals surface area contributed by atoms with Gasteiger partial charge in [0.05, 0.1) is 19.1 Å². The normalized spacial score (nSPS) is 17.3. The Morgan fingerprint density at radius 3 is 2.72 bits per heavy atom. The number of hydrogen-bond donors (Lipinski definition) is 2. The molecular weight excluding hydrogens is 342 g/mol. The molecule has 2 amide bonds. The first-order valence-electron chi connectivity index (χ1n) is 8.48. The molecule has 7 heteroatoms. The molecule has 6 nitrogen and oxygen atoms in total. The maximum absolute atomic E-state index is 12.7. The largest absolute Gasteiger partial charge is 0.494 e. The minimum Gasteiger partial charge on any atom is -0.494 e. The number of nitrogens with zero attached hydrogens (tertiary/aromatic N) is 1. The maximum atomic E-state index is 12.7. The number of carbonyl (C=O) groups is 2. The molecule has 0 aromatic heterocycles. The van der Waals surface area contributed by atoms with E-state index in [-0.39, 0.29) is 36.7 Å². The Kier molecular flexibility index (Phi) is 8.72. The van der Waals surface area contributed by atoms with Crippen LogP contribution in [-0.2, 0) is 9.59 Å². The van der Waals surface area contributed by atoms with Crippen LogP contribution in [0.1, 0.15) is 38.3 Å². The summed E-state index contributed by atoms with van der Waals surface area (Å²) < 4.78 is 5.66.